The van der Waals surface area contributed by atoms with Crippen LogP contribution in [-0.4, -0.2) is 14.1 Å². The highest BCUT2D eigenvalue weighted by molar-refractivity contribution is 5.85. The zero-order chi connectivity index (χ0) is 32.0. The van der Waals surface area contributed by atoms with Crippen molar-refractivity contribution in [3.8, 4) is 22.3 Å². The third kappa shape index (κ3) is 6.25. The fraction of sp³-hybridized carbons (Fsp3) is 0.0455. The van der Waals surface area contributed by atoms with Gasteiger partial charge in [-0.25, -0.2) is 0 Å². The molecule has 0 saturated carbocycles. The first-order valence-electron chi connectivity index (χ1n) is 16.0. The van der Waals surface area contributed by atoms with Gasteiger partial charge in [-0.1, -0.05) is 115 Å². The molecule has 0 aliphatic heterocycles. The standard InChI is InChI=1S/C44H37N3/c1-45(43-24-14-12-22-41(43)34-16-6-3-7-17-34)36-26-30-39(31-27-36)47(38-20-10-5-11-21-38)40-32-28-37(29-33-40)46(2)44-25-15-13-23-42(44)35-18-8-4-9-19-35/h3-33H,1-2H3. The molecule has 0 unspecified atom stereocenters. The normalized spacial score (nSPS) is 10.8. The third-order valence-corrected chi connectivity index (χ3v) is 8.71. The van der Waals surface area contributed by atoms with Gasteiger partial charge in [0.2, 0.25) is 0 Å². The van der Waals surface area contributed by atoms with Gasteiger partial charge in [0.15, 0.2) is 0 Å². The highest BCUT2D eigenvalue weighted by Gasteiger charge is 2.16. The Hall–Kier alpha value is -6.06. The molecule has 47 heavy (non-hydrogen) atoms. The second kappa shape index (κ2) is 13.5. The lowest BCUT2D eigenvalue weighted by Gasteiger charge is -2.28. The Kier molecular flexibility index (Phi) is 8.52. The number of hydrogen-bond donors (Lipinski definition) is 0. The Morgan fingerprint density at radius 2 is 0.574 bits per heavy atom. The van der Waals surface area contributed by atoms with Crippen LogP contribution in [0.15, 0.2) is 188 Å². The van der Waals surface area contributed by atoms with Gasteiger partial charge in [0.25, 0.3) is 0 Å². The fourth-order valence-corrected chi connectivity index (χ4v) is 6.21. The van der Waals surface area contributed by atoms with Crippen molar-refractivity contribution in [2.24, 2.45) is 0 Å². The van der Waals surface area contributed by atoms with E-state index in [-0.39, 0.29) is 0 Å². The molecule has 0 radical (unpaired) electrons. The molecule has 7 aromatic rings. The van der Waals surface area contributed by atoms with Crippen molar-refractivity contribution in [2.75, 3.05) is 28.8 Å². The maximum absolute atomic E-state index is 2.31. The van der Waals surface area contributed by atoms with E-state index < -0.39 is 0 Å². The lowest BCUT2D eigenvalue weighted by atomic mass is 10.0. The van der Waals surface area contributed by atoms with Crippen molar-refractivity contribution < 1.29 is 0 Å². The summed E-state index contributed by atoms with van der Waals surface area (Å²) in [6, 6.07) is 66.5. The Morgan fingerprint density at radius 1 is 0.277 bits per heavy atom. The maximum atomic E-state index is 2.31. The lowest BCUT2D eigenvalue weighted by Crippen LogP contribution is -2.13. The Morgan fingerprint density at radius 3 is 0.979 bits per heavy atom. The number of benzene rings is 7. The second-order valence-electron chi connectivity index (χ2n) is 11.6. The number of nitrogens with zero attached hydrogens (tertiary/aromatic N) is 3. The first-order chi connectivity index (χ1) is 23.2. The maximum Gasteiger partial charge on any atom is 0.0487 e. The van der Waals surface area contributed by atoms with Crippen LogP contribution in [-0.2, 0) is 0 Å². The van der Waals surface area contributed by atoms with E-state index >= 15 is 0 Å². The van der Waals surface area contributed by atoms with Crippen LogP contribution in [0.4, 0.5) is 39.8 Å². The largest absolute Gasteiger partial charge is 0.344 e. The molecule has 7 aromatic carbocycles. The molecule has 0 N–H and O–H groups in total. The minimum Gasteiger partial charge on any atom is -0.344 e. The van der Waals surface area contributed by atoms with Crippen LogP contribution in [0, 0.1) is 0 Å². The van der Waals surface area contributed by atoms with Crippen LogP contribution < -0.4 is 14.7 Å². The summed E-state index contributed by atoms with van der Waals surface area (Å²) in [4.78, 5) is 6.83. The highest BCUT2D eigenvalue weighted by Crippen LogP contribution is 2.40. The van der Waals surface area contributed by atoms with Crippen LogP contribution in [0.1, 0.15) is 0 Å². The molecule has 0 saturated heterocycles. The van der Waals surface area contributed by atoms with E-state index in [0.29, 0.717) is 0 Å². The van der Waals surface area contributed by atoms with Gasteiger partial charge < -0.3 is 14.7 Å². The fourth-order valence-electron chi connectivity index (χ4n) is 6.21. The summed E-state index contributed by atoms with van der Waals surface area (Å²) in [5, 5.41) is 0. The van der Waals surface area contributed by atoms with Gasteiger partial charge in [-0.15, -0.1) is 0 Å². The zero-order valence-corrected chi connectivity index (χ0v) is 26.7. The predicted molar refractivity (Wildman–Crippen MR) is 201 cm³/mol. The molecule has 228 valence electrons. The van der Waals surface area contributed by atoms with Gasteiger partial charge in [0, 0.05) is 65.0 Å². The van der Waals surface area contributed by atoms with E-state index in [4.69, 9.17) is 0 Å². The van der Waals surface area contributed by atoms with Gasteiger partial charge >= 0.3 is 0 Å². The van der Waals surface area contributed by atoms with E-state index in [2.05, 4.69) is 217 Å². The van der Waals surface area contributed by atoms with Crippen LogP contribution >= 0.6 is 0 Å². The molecule has 0 spiro atoms. The van der Waals surface area contributed by atoms with Gasteiger partial charge in [0.05, 0.1) is 0 Å². The molecule has 0 fully saturated rings. The van der Waals surface area contributed by atoms with Crippen molar-refractivity contribution in [3.05, 3.63) is 188 Å². The van der Waals surface area contributed by atoms with Gasteiger partial charge in [-0.3, -0.25) is 0 Å². The Labute approximate surface area is 278 Å². The summed E-state index contributed by atoms with van der Waals surface area (Å²) >= 11 is 0. The summed E-state index contributed by atoms with van der Waals surface area (Å²) in [6.07, 6.45) is 0. The topological polar surface area (TPSA) is 9.72 Å². The van der Waals surface area contributed by atoms with E-state index in [9.17, 15) is 0 Å². The summed E-state index contributed by atoms with van der Waals surface area (Å²) in [6.45, 7) is 0. The van der Waals surface area contributed by atoms with E-state index in [0.717, 1.165) is 28.4 Å². The van der Waals surface area contributed by atoms with Crippen molar-refractivity contribution in [2.45, 2.75) is 0 Å². The molecule has 3 nitrogen and oxygen atoms in total. The van der Waals surface area contributed by atoms with Gasteiger partial charge in [-0.2, -0.15) is 0 Å². The second-order valence-corrected chi connectivity index (χ2v) is 11.6. The highest BCUT2D eigenvalue weighted by atomic mass is 15.2. The summed E-state index contributed by atoms with van der Waals surface area (Å²) in [7, 11) is 4.27. The first-order valence-corrected chi connectivity index (χ1v) is 16.0. The molecular weight excluding hydrogens is 571 g/mol. The number of para-hydroxylation sites is 3. The minimum atomic E-state index is 1.10. The van der Waals surface area contributed by atoms with E-state index in [1.54, 1.807) is 0 Å². The lowest BCUT2D eigenvalue weighted by molar-refractivity contribution is 1.20. The predicted octanol–water partition coefficient (Wildman–Crippen LogP) is 12.0. The van der Waals surface area contributed by atoms with E-state index in [1.807, 2.05) is 0 Å². The molecule has 3 heteroatoms. The number of rotatable bonds is 9. The van der Waals surface area contributed by atoms with Gasteiger partial charge in [-0.05, 0) is 83.9 Å². The molecule has 0 amide bonds. The first kappa shape index (κ1) is 29.6. The van der Waals surface area contributed by atoms with Crippen LogP contribution in [0.2, 0.25) is 0 Å². The van der Waals surface area contributed by atoms with Crippen molar-refractivity contribution in [3.63, 3.8) is 0 Å². The van der Waals surface area contributed by atoms with Crippen molar-refractivity contribution in [1.82, 2.24) is 0 Å². The third-order valence-electron chi connectivity index (χ3n) is 8.71. The average molecular weight is 608 g/mol. The molecule has 0 heterocycles. The van der Waals surface area contributed by atoms with Crippen molar-refractivity contribution >= 4 is 39.8 Å². The summed E-state index contributed by atoms with van der Waals surface area (Å²) in [5.74, 6) is 0. The van der Waals surface area contributed by atoms with Crippen LogP contribution in [0.25, 0.3) is 22.3 Å². The Bertz CT molecular complexity index is 1910. The zero-order valence-electron chi connectivity index (χ0n) is 26.7. The smallest absolute Gasteiger partial charge is 0.0487 e. The molecule has 0 aliphatic rings. The monoisotopic (exact) mass is 607 g/mol. The van der Waals surface area contributed by atoms with Gasteiger partial charge in [0.1, 0.15) is 0 Å². The molecule has 0 atom stereocenters. The number of hydrogen-bond acceptors (Lipinski definition) is 3. The summed E-state index contributed by atoms with van der Waals surface area (Å²) < 4.78 is 0. The average Bonchev–Trinajstić information content (AvgIpc) is 3.16. The molecule has 0 aliphatic carbocycles. The number of anilines is 7. The SMILES string of the molecule is CN(c1ccc(N(c2ccccc2)c2ccc(N(C)c3ccccc3-c3ccccc3)cc2)cc1)c1ccccc1-c1ccccc1. The Balaban J connectivity index is 1.19. The minimum absolute atomic E-state index is 1.10. The molecule has 7 rings (SSSR count). The van der Waals surface area contributed by atoms with Crippen LogP contribution in [0.3, 0.4) is 0 Å². The molecule has 0 aromatic heterocycles. The summed E-state index contributed by atoms with van der Waals surface area (Å²) in [5.41, 5.74) is 12.7. The molecule has 0 bridgehead atoms. The van der Waals surface area contributed by atoms with E-state index in [1.165, 1.54) is 33.6 Å². The molecular formula is C44H37N3. The van der Waals surface area contributed by atoms with Crippen LogP contribution in [0.5, 0.6) is 0 Å². The quantitative estimate of drug-likeness (QED) is 0.162. The van der Waals surface area contributed by atoms with Crippen molar-refractivity contribution in [1.29, 1.82) is 0 Å².